The van der Waals surface area contributed by atoms with Gasteiger partial charge in [0, 0.05) is 11.9 Å². The number of hydrogen-bond acceptors (Lipinski definition) is 6. The van der Waals surface area contributed by atoms with E-state index in [1.165, 1.54) is 0 Å². The van der Waals surface area contributed by atoms with Gasteiger partial charge >= 0.3 is 0 Å². The number of methoxy groups -OCH3 is 1. The van der Waals surface area contributed by atoms with Gasteiger partial charge in [0.2, 0.25) is 5.89 Å². The maximum absolute atomic E-state index is 5.34. The van der Waals surface area contributed by atoms with Crippen molar-refractivity contribution in [3.8, 4) is 5.75 Å². The smallest absolute Gasteiger partial charge is 0.240 e. The van der Waals surface area contributed by atoms with Crippen molar-refractivity contribution in [2.45, 2.75) is 20.0 Å². The van der Waals surface area contributed by atoms with E-state index < -0.39 is 0 Å². The molecule has 1 N–H and O–H groups in total. The van der Waals surface area contributed by atoms with Crippen LogP contribution >= 0.6 is 0 Å². The Morgan fingerprint density at radius 1 is 1.14 bits per heavy atom. The highest BCUT2D eigenvalue weighted by Crippen LogP contribution is 2.23. The highest BCUT2D eigenvalue weighted by Gasteiger charge is 2.05. The van der Waals surface area contributed by atoms with Gasteiger partial charge in [-0.15, -0.1) is 0 Å². The molecule has 108 valence electrons. The molecule has 0 fully saturated rings. The molecule has 2 aromatic heterocycles. The lowest BCUT2D eigenvalue weighted by molar-refractivity contribution is 0.364. The zero-order chi connectivity index (χ0) is 14.7. The maximum Gasteiger partial charge on any atom is 0.240 e. The summed E-state index contributed by atoms with van der Waals surface area (Å²) >= 11 is 0. The molecule has 1 aromatic carbocycles. The second kappa shape index (κ2) is 5.88. The van der Waals surface area contributed by atoms with Crippen molar-refractivity contribution in [2.75, 3.05) is 7.11 Å². The molecule has 0 aliphatic rings. The second-order valence-electron chi connectivity index (χ2n) is 4.67. The van der Waals surface area contributed by atoms with Gasteiger partial charge < -0.3 is 14.6 Å². The van der Waals surface area contributed by atoms with E-state index in [2.05, 4.69) is 20.4 Å². The largest absolute Gasteiger partial charge is 0.494 e. The Morgan fingerprint density at radius 2 is 2.05 bits per heavy atom. The number of ether oxygens (including phenoxy) is 1. The fourth-order valence-corrected chi connectivity index (χ4v) is 2.13. The normalized spacial score (nSPS) is 11.0. The summed E-state index contributed by atoms with van der Waals surface area (Å²) in [7, 11) is 1.65. The van der Waals surface area contributed by atoms with Crippen LogP contribution in [0, 0.1) is 6.92 Å². The molecular formula is C15H16N4O2. The van der Waals surface area contributed by atoms with Crippen molar-refractivity contribution in [1.82, 2.24) is 20.4 Å². The summed E-state index contributed by atoms with van der Waals surface area (Å²) in [5, 5.41) is 8.04. The van der Waals surface area contributed by atoms with Gasteiger partial charge in [-0.1, -0.05) is 23.4 Å². The molecule has 0 amide bonds. The van der Waals surface area contributed by atoms with Crippen LogP contribution in [0.1, 0.15) is 17.4 Å². The van der Waals surface area contributed by atoms with Crippen LogP contribution < -0.4 is 10.1 Å². The molecule has 0 radical (unpaired) electrons. The molecular weight excluding hydrogens is 268 g/mol. The molecule has 6 nitrogen and oxygen atoms in total. The molecule has 0 aliphatic heterocycles. The number of aryl methyl sites for hydroxylation is 1. The molecule has 0 unspecified atom stereocenters. The summed E-state index contributed by atoms with van der Waals surface area (Å²) < 4.78 is 10.4. The Bertz CT molecular complexity index is 754. The van der Waals surface area contributed by atoms with Crippen LogP contribution in [-0.4, -0.2) is 22.2 Å². The van der Waals surface area contributed by atoms with Crippen LogP contribution in [0.5, 0.6) is 5.75 Å². The molecule has 3 aromatic rings. The quantitative estimate of drug-likeness (QED) is 0.774. The number of pyridine rings is 1. The van der Waals surface area contributed by atoms with E-state index in [0.29, 0.717) is 24.8 Å². The van der Waals surface area contributed by atoms with Gasteiger partial charge in [-0.25, -0.2) is 4.98 Å². The lowest BCUT2D eigenvalue weighted by Crippen LogP contribution is -2.14. The third kappa shape index (κ3) is 3.00. The van der Waals surface area contributed by atoms with E-state index in [9.17, 15) is 0 Å². The fourth-order valence-electron chi connectivity index (χ4n) is 2.13. The van der Waals surface area contributed by atoms with Crippen molar-refractivity contribution >= 4 is 10.9 Å². The lowest BCUT2D eigenvalue weighted by Gasteiger charge is -2.07. The predicted octanol–water partition coefficient (Wildman–Crippen LogP) is 2.22. The molecule has 0 bridgehead atoms. The van der Waals surface area contributed by atoms with Crippen molar-refractivity contribution in [3.05, 3.63) is 47.7 Å². The number of nitrogens with one attached hydrogen (secondary N) is 1. The number of fused-ring (bicyclic) bond motifs is 1. The van der Waals surface area contributed by atoms with E-state index in [-0.39, 0.29) is 0 Å². The van der Waals surface area contributed by atoms with Crippen molar-refractivity contribution in [1.29, 1.82) is 0 Å². The van der Waals surface area contributed by atoms with Crippen molar-refractivity contribution in [2.24, 2.45) is 0 Å². The first kappa shape index (κ1) is 13.5. The van der Waals surface area contributed by atoms with E-state index in [1.54, 1.807) is 14.0 Å². The average Bonchev–Trinajstić information content (AvgIpc) is 2.92. The number of para-hydroxylation sites is 1. The van der Waals surface area contributed by atoms with Crippen LogP contribution in [0.3, 0.4) is 0 Å². The van der Waals surface area contributed by atoms with Gasteiger partial charge in [-0.2, -0.15) is 4.98 Å². The zero-order valence-electron chi connectivity index (χ0n) is 12.0. The summed E-state index contributed by atoms with van der Waals surface area (Å²) in [6.45, 7) is 2.94. The van der Waals surface area contributed by atoms with E-state index in [0.717, 1.165) is 22.3 Å². The predicted molar refractivity (Wildman–Crippen MR) is 77.9 cm³/mol. The topological polar surface area (TPSA) is 73.1 Å². The number of nitrogens with zero attached hydrogens (tertiary/aromatic N) is 3. The summed E-state index contributed by atoms with van der Waals surface area (Å²) in [6.07, 6.45) is 0. The zero-order valence-corrected chi connectivity index (χ0v) is 12.0. The number of rotatable bonds is 5. The Hall–Kier alpha value is -2.47. The average molecular weight is 284 g/mol. The van der Waals surface area contributed by atoms with E-state index >= 15 is 0 Å². The minimum absolute atomic E-state index is 0.520. The molecule has 0 saturated heterocycles. The fraction of sp³-hybridized carbons (Fsp3) is 0.267. The second-order valence-corrected chi connectivity index (χ2v) is 4.67. The highest BCUT2D eigenvalue weighted by atomic mass is 16.5. The first-order chi connectivity index (χ1) is 10.3. The maximum atomic E-state index is 5.34. The van der Waals surface area contributed by atoms with Gasteiger partial charge in [-0.05, 0) is 19.1 Å². The van der Waals surface area contributed by atoms with Gasteiger partial charge in [0.15, 0.2) is 5.82 Å². The molecule has 3 rings (SSSR count). The van der Waals surface area contributed by atoms with E-state index in [4.69, 9.17) is 9.26 Å². The van der Waals surface area contributed by atoms with Crippen molar-refractivity contribution in [3.63, 3.8) is 0 Å². The minimum Gasteiger partial charge on any atom is -0.494 e. The highest BCUT2D eigenvalue weighted by molar-refractivity contribution is 5.84. The summed E-state index contributed by atoms with van der Waals surface area (Å²) in [5.74, 6) is 1.99. The third-order valence-electron chi connectivity index (χ3n) is 3.11. The van der Waals surface area contributed by atoms with Gasteiger partial charge in [-0.3, -0.25) is 0 Å². The first-order valence-electron chi connectivity index (χ1n) is 6.69. The molecule has 0 spiro atoms. The number of aromatic nitrogens is 3. The standard InChI is InChI=1S/C15H16N4O2/c1-10-17-14(21-19-10)9-16-8-12-7-6-11-4-3-5-13(20-2)15(11)18-12/h3-7,16H,8-9H2,1-2H3. The molecule has 6 heteroatoms. The van der Waals surface area contributed by atoms with E-state index in [1.807, 2.05) is 30.3 Å². The first-order valence-corrected chi connectivity index (χ1v) is 6.69. The molecule has 0 atom stereocenters. The molecule has 2 heterocycles. The summed E-state index contributed by atoms with van der Waals surface area (Å²) in [4.78, 5) is 8.77. The van der Waals surface area contributed by atoms with Crippen LogP contribution in [-0.2, 0) is 13.1 Å². The number of hydrogen-bond donors (Lipinski definition) is 1. The van der Waals surface area contributed by atoms with Gasteiger partial charge in [0.05, 0.1) is 19.3 Å². The van der Waals surface area contributed by atoms with Crippen molar-refractivity contribution < 1.29 is 9.26 Å². The Morgan fingerprint density at radius 3 is 2.81 bits per heavy atom. The minimum atomic E-state index is 0.520. The molecule has 0 aliphatic carbocycles. The summed E-state index contributed by atoms with van der Waals surface area (Å²) in [5.41, 5.74) is 1.80. The number of benzene rings is 1. The van der Waals surface area contributed by atoms with Crippen LogP contribution in [0.25, 0.3) is 10.9 Å². The SMILES string of the molecule is COc1cccc2ccc(CNCc3nc(C)no3)nc12. The van der Waals surface area contributed by atoms with Gasteiger partial charge in [0.25, 0.3) is 0 Å². The third-order valence-corrected chi connectivity index (χ3v) is 3.11. The molecule has 0 saturated carbocycles. The summed E-state index contributed by atoms with van der Waals surface area (Å²) in [6, 6.07) is 9.92. The van der Waals surface area contributed by atoms with Gasteiger partial charge in [0.1, 0.15) is 11.3 Å². The lowest BCUT2D eigenvalue weighted by atomic mass is 10.2. The Kier molecular flexibility index (Phi) is 3.79. The molecule has 21 heavy (non-hydrogen) atoms. The Labute approximate surface area is 122 Å². The van der Waals surface area contributed by atoms with Crippen LogP contribution in [0.2, 0.25) is 0 Å². The Balaban J connectivity index is 1.72. The van der Waals surface area contributed by atoms with Crippen LogP contribution in [0.4, 0.5) is 0 Å². The van der Waals surface area contributed by atoms with Crippen LogP contribution in [0.15, 0.2) is 34.9 Å². The monoisotopic (exact) mass is 284 g/mol.